The molecule has 0 saturated heterocycles. The molecule has 4 heteroatoms. The van der Waals surface area contributed by atoms with Crippen molar-refractivity contribution in [2.24, 2.45) is 0 Å². The maximum Gasteiger partial charge on any atom is 0.0595 e. The lowest BCUT2D eigenvalue weighted by molar-refractivity contribution is 0.673. The highest BCUT2D eigenvalue weighted by atomic mass is 35.5. The van der Waals surface area contributed by atoms with E-state index in [1.165, 1.54) is 5.56 Å². The molecule has 0 unspecified atom stereocenters. The SMILES string of the molecule is CCCNCc1ccn(Cc2ccc(Cl)c(Cl)c2)c1. The van der Waals surface area contributed by atoms with Crippen molar-refractivity contribution in [2.45, 2.75) is 26.4 Å². The zero-order valence-electron chi connectivity index (χ0n) is 11.0. The first-order valence-corrected chi connectivity index (χ1v) is 7.24. The standard InChI is InChI=1S/C15H18Cl2N2/c1-2-6-18-9-13-5-7-19(11-13)10-12-3-4-14(16)15(17)8-12/h3-5,7-8,11,18H,2,6,9-10H2,1H3. The van der Waals surface area contributed by atoms with E-state index in [9.17, 15) is 0 Å². The molecule has 0 radical (unpaired) electrons. The summed E-state index contributed by atoms with van der Waals surface area (Å²) in [6.45, 7) is 4.95. The van der Waals surface area contributed by atoms with Gasteiger partial charge in [0.1, 0.15) is 0 Å². The maximum absolute atomic E-state index is 6.02. The molecule has 1 aromatic heterocycles. The highest BCUT2D eigenvalue weighted by Gasteiger charge is 2.01. The Kier molecular flexibility index (Phi) is 5.32. The van der Waals surface area contributed by atoms with Gasteiger partial charge in [0.05, 0.1) is 10.0 Å². The fourth-order valence-electron chi connectivity index (χ4n) is 1.95. The predicted octanol–water partition coefficient (Wildman–Crippen LogP) is 4.34. The number of rotatable bonds is 6. The number of nitrogens with zero attached hydrogens (tertiary/aromatic N) is 1. The van der Waals surface area contributed by atoms with Crippen LogP contribution in [-0.2, 0) is 13.1 Å². The van der Waals surface area contributed by atoms with E-state index in [0.717, 1.165) is 31.6 Å². The molecule has 2 aromatic rings. The third-order valence-electron chi connectivity index (χ3n) is 2.92. The summed E-state index contributed by atoms with van der Waals surface area (Å²) in [7, 11) is 0. The molecular formula is C15H18Cl2N2. The minimum absolute atomic E-state index is 0.599. The zero-order chi connectivity index (χ0) is 13.7. The quantitative estimate of drug-likeness (QED) is 0.785. The van der Waals surface area contributed by atoms with E-state index in [-0.39, 0.29) is 0 Å². The Morgan fingerprint density at radius 1 is 1.11 bits per heavy atom. The van der Waals surface area contributed by atoms with Crippen molar-refractivity contribution >= 4 is 23.2 Å². The van der Waals surface area contributed by atoms with Crippen LogP contribution in [0.15, 0.2) is 36.7 Å². The molecule has 2 nitrogen and oxygen atoms in total. The van der Waals surface area contributed by atoms with Gasteiger partial charge in [0.15, 0.2) is 0 Å². The second-order valence-electron chi connectivity index (χ2n) is 4.62. The van der Waals surface area contributed by atoms with Crippen LogP contribution < -0.4 is 5.32 Å². The Morgan fingerprint density at radius 2 is 1.95 bits per heavy atom. The van der Waals surface area contributed by atoms with E-state index >= 15 is 0 Å². The fourth-order valence-corrected chi connectivity index (χ4v) is 2.27. The van der Waals surface area contributed by atoms with Gasteiger partial charge < -0.3 is 9.88 Å². The second kappa shape index (κ2) is 6.99. The molecule has 0 aliphatic heterocycles. The van der Waals surface area contributed by atoms with Gasteiger partial charge in [-0.15, -0.1) is 0 Å². The van der Waals surface area contributed by atoms with Gasteiger partial charge in [0.2, 0.25) is 0 Å². The van der Waals surface area contributed by atoms with Crippen LogP contribution >= 0.6 is 23.2 Å². The highest BCUT2D eigenvalue weighted by molar-refractivity contribution is 6.42. The van der Waals surface area contributed by atoms with Crippen molar-refractivity contribution in [3.8, 4) is 0 Å². The van der Waals surface area contributed by atoms with Crippen LogP contribution in [0.4, 0.5) is 0 Å². The van der Waals surface area contributed by atoms with Crippen molar-refractivity contribution < 1.29 is 0 Å². The molecule has 19 heavy (non-hydrogen) atoms. The normalized spacial score (nSPS) is 10.9. The van der Waals surface area contributed by atoms with Gasteiger partial charge >= 0.3 is 0 Å². The number of hydrogen-bond acceptors (Lipinski definition) is 1. The molecule has 0 spiro atoms. The molecule has 102 valence electrons. The van der Waals surface area contributed by atoms with E-state index in [2.05, 4.69) is 35.3 Å². The number of benzene rings is 1. The Bertz CT molecular complexity index is 535. The minimum Gasteiger partial charge on any atom is -0.350 e. The number of halogens is 2. The Labute approximate surface area is 124 Å². The van der Waals surface area contributed by atoms with Gasteiger partial charge in [0, 0.05) is 25.5 Å². The molecule has 0 amide bonds. The fraction of sp³-hybridized carbons (Fsp3) is 0.333. The van der Waals surface area contributed by atoms with Crippen molar-refractivity contribution in [2.75, 3.05) is 6.54 Å². The van der Waals surface area contributed by atoms with Gasteiger partial charge in [-0.05, 0) is 42.3 Å². The molecule has 0 aliphatic carbocycles. The van der Waals surface area contributed by atoms with Crippen LogP contribution in [0.1, 0.15) is 24.5 Å². The maximum atomic E-state index is 6.02. The molecule has 0 bridgehead atoms. The lowest BCUT2D eigenvalue weighted by atomic mass is 10.2. The first-order valence-electron chi connectivity index (χ1n) is 6.48. The number of nitrogens with one attached hydrogen (secondary N) is 1. The van der Waals surface area contributed by atoms with Crippen LogP contribution in [0.25, 0.3) is 0 Å². The largest absolute Gasteiger partial charge is 0.350 e. The third-order valence-corrected chi connectivity index (χ3v) is 3.66. The highest BCUT2D eigenvalue weighted by Crippen LogP contribution is 2.23. The molecule has 1 N–H and O–H groups in total. The summed E-state index contributed by atoms with van der Waals surface area (Å²) in [5.74, 6) is 0. The van der Waals surface area contributed by atoms with Crippen LogP contribution in [0.2, 0.25) is 10.0 Å². The van der Waals surface area contributed by atoms with Gasteiger partial charge in [-0.1, -0.05) is 36.2 Å². The Hall–Kier alpha value is -0.960. The van der Waals surface area contributed by atoms with Crippen LogP contribution in [0, 0.1) is 0 Å². The Morgan fingerprint density at radius 3 is 2.68 bits per heavy atom. The Balaban J connectivity index is 1.97. The van der Waals surface area contributed by atoms with E-state index in [1.807, 2.05) is 18.2 Å². The van der Waals surface area contributed by atoms with Gasteiger partial charge in [-0.25, -0.2) is 0 Å². The number of aromatic nitrogens is 1. The first kappa shape index (κ1) is 14.4. The molecule has 0 aliphatic rings. The molecular weight excluding hydrogens is 279 g/mol. The van der Waals surface area contributed by atoms with Crippen molar-refractivity contribution in [3.63, 3.8) is 0 Å². The summed E-state index contributed by atoms with van der Waals surface area (Å²) in [6.07, 6.45) is 5.40. The van der Waals surface area contributed by atoms with Crippen molar-refractivity contribution in [1.82, 2.24) is 9.88 Å². The lowest BCUT2D eigenvalue weighted by Gasteiger charge is -2.05. The van der Waals surface area contributed by atoms with Gasteiger partial charge in [-0.2, -0.15) is 0 Å². The smallest absolute Gasteiger partial charge is 0.0595 e. The first-order chi connectivity index (χ1) is 9.19. The van der Waals surface area contributed by atoms with Crippen LogP contribution in [0.3, 0.4) is 0 Å². The molecule has 2 rings (SSSR count). The van der Waals surface area contributed by atoms with E-state index in [1.54, 1.807) is 0 Å². The summed E-state index contributed by atoms with van der Waals surface area (Å²) in [4.78, 5) is 0. The van der Waals surface area contributed by atoms with Crippen LogP contribution in [0.5, 0.6) is 0 Å². The van der Waals surface area contributed by atoms with Crippen LogP contribution in [-0.4, -0.2) is 11.1 Å². The number of hydrogen-bond donors (Lipinski definition) is 1. The van der Waals surface area contributed by atoms with E-state index < -0.39 is 0 Å². The average molecular weight is 297 g/mol. The minimum atomic E-state index is 0.599. The van der Waals surface area contributed by atoms with Gasteiger partial charge in [0.25, 0.3) is 0 Å². The molecule has 0 saturated carbocycles. The monoisotopic (exact) mass is 296 g/mol. The summed E-state index contributed by atoms with van der Waals surface area (Å²) in [6, 6.07) is 7.90. The molecule has 0 atom stereocenters. The predicted molar refractivity (Wildman–Crippen MR) is 82.0 cm³/mol. The lowest BCUT2D eigenvalue weighted by Crippen LogP contribution is -2.13. The molecule has 1 heterocycles. The summed E-state index contributed by atoms with van der Waals surface area (Å²) < 4.78 is 2.16. The second-order valence-corrected chi connectivity index (χ2v) is 5.43. The summed E-state index contributed by atoms with van der Waals surface area (Å²) >= 11 is 11.9. The topological polar surface area (TPSA) is 17.0 Å². The third kappa shape index (κ3) is 4.27. The zero-order valence-corrected chi connectivity index (χ0v) is 12.5. The van der Waals surface area contributed by atoms with E-state index in [4.69, 9.17) is 23.2 Å². The summed E-state index contributed by atoms with van der Waals surface area (Å²) in [5.41, 5.74) is 2.45. The van der Waals surface area contributed by atoms with Gasteiger partial charge in [-0.3, -0.25) is 0 Å². The van der Waals surface area contributed by atoms with Crippen molar-refractivity contribution in [1.29, 1.82) is 0 Å². The van der Waals surface area contributed by atoms with Crippen molar-refractivity contribution in [3.05, 3.63) is 57.8 Å². The average Bonchev–Trinajstić information content (AvgIpc) is 2.82. The van der Waals surface area contributed by atoms with E-state index in [0.29, 0.717) is 10.0 Å². The molecule has 0 fully saturated rings. The summed E-state index contributed by atoms with van der Waals surface area (Å²) in [5, 5.41) is 4.60. The molecule has 1 aromatic carbocycles.